The molecule has 3 aromatic heterocycles. The summed E-state index contributed by atoms with van der Waals surface area (Å²) < 4.78 is 5.53. The normalized spacial score (nSPS) is 12.0. The van der Waals surface area contributed by atoms with Crippen LogP contribution in [0.3, 0.4) is 0 Å². The number of aryl methyl sites for hydroxylation is 2. The first-order valence-electron chi connectivity index (χ1n) is 7.25. The monoisotopic (exact) mass is 391 g/mol. The fourth-order valence-electron chi connectivity index (χ4n) is 2.00. The van der Waals surface area contributed by atoms with E-state index in [1.807, 2.05) is 30.7 Å². The van der Waals surface area contributed by atoms with Crippen molar-refractivity contribution in [2.24, 2.45) is 0 Å². The SMILES string of the molecule is Cc1csc([C@@H](C#N)C(=O)CSc2nnc(Cc3csc(C)n3)o2)n1. The first-order valence-corrected chi connectivity index (χ1v) is 10.00. The lowest BCUT2D eigenvalue weighted by Crippen LogP contribution is -2.13. The third-order valence-corrected chi connectivity index (χ3v) is 5.81. The summed E-state index contributed by atoms with van der Waals surface area (Å²) in [5.74, 6) is -0.551. The number of carbonyl (C=O) groups is 1. The van der Waals surface area contributed by atoms with Crippen LogP contribution in [0.25, 0.3) is 0 Å². The minimum atomic E-state index is -0.855. The molecule has 0 fully saturated rings. The minimum absolute atomic E-state index is 0.0777. The van der Waals surface area contributed by atoms with E-state index in [2.05, 4.69) is 20.2 Å². The maximum absolute atomic E-state index is 12.3. The highest BCUT2D eigenvalue weighted by Crippen LogP contribution is 2.25. The van der Waals surface area contributed by atoms with Crippen molar-refractivity contribution in [1.29, 1.82) is 5.26 Å². The number of Topliss-reactive ketones (excluding diaryl/α,β-unsaturated/α-hetero) is 1. The molecule has 0 N–H and O–H groups in total. The highest BCUT2D eigenvalue weighted by atomic mass is 32.2. The van der Waals surface area contributed by atoms with Crippen LogP contribution in [-0.4, -0.2) is 31.7 Å². The molecule has 0 spiro atoms. The van der Waals surface area contributed by atoms with Gasteiger partial charge in [-0.1, -0.05) is 11.8 Å². The third kappa shape index (κ3) is 4.50. The van der Waals surface area contributed by atoms with Gasteiger partial charge in [-0.25, -0.2) is 9.97 Å². The fourth-order valence-corrected chi connectivity index (χ4v) is 4.16. The number of hydrogen-bond acceptors (Lipinski definition) is 10. The number of aromatic nitrogens is 4. The van der Waals surface area contributed by atoms with Gasteiger partial charge in [0, 0.05) is 16.5 Å². The fraction of sp³-hybridized carbons (Fsp3) is 0.333. The summed E-state index contributed by atoms with van der Waals surface area (Å²) in [4.78, 5) is 20.8. The number of nitriles is 1. The van der Waals surface area contributed by atoms with Gasteiger partial charge in [-0.2, -0.15) is 5.26 Å². The molecule has 0 amide bonds. The smallest absolute Gasteiger partial charge is 0.277 e. The molecule has 3 aromatic rings. The summed E-state index contributed by atoms with van der Waals surface area (Å²) in [6.45, 7) is 3.77. The third-order valence-electron chi connectivity index (χ3n) is 3.12. The lowest BCUT2D eigenvalue weighted by molar-refractivity contribution is -0.116. The molecule has 0 aliphatic rings. The van der Waals surface area contributed by atoms with Gasteiger partial charge in [-0.05, 0) is 13.8 Å². The number of nitrogens with zero attached hydrogens (tertiary/aromatic N) is 5. The zero-order valence-corrected chi connectivity index (χ0v) is 15.9. The van der Waals surface area contributed by atoms with E-state index in [0.717, 1.165) is 28.2 Å². The number of thiazole rings is 2. The predicted molar refractivity (Wildman–Crippen MR) is 94.9 cm³/mol. The summed E-state index contributed by atoms with van der Waals surface area (Å²) >= 11 is 4.01. The van der Waals surface area contributed by atoms with E-state index in [4.69, 9.17) is 4.42 Å². The predicted octanol–water partition coefficient (Wildman–Crippen LogP) is 3.16. The van der Waals surface area contributed by atoms with Crippen LogP contribution in [0.4, 0.5) is 0 Å². The lowest BCUT2D eigenvalue weighted by atomic mass is 10.1. The first-order chi connectivity index (χ1) is 12.0. The van der Waals surface area contributed by atoms with Crippen LogP contribution in [-0.2, 0) is 11.2 Å². The molecule has 0 saturated heterocycles. The van der Waals surface area contributed by atoms with Crippen molar-refractivity contribution in [3.63, 3.8) is 0 Å². The van der Waals surface area contributed by atoms with Crippen LogP contribution in [0.15, 0.2) is 20.4 Å². The van der Waals surface area contributed by atoms with Gasteiger partial charge in [0.25, 0.3) is 5.22 Å². The zero-order valence-electron chi connectivity index (χ0n) is 13.4. The van der Waals surface area contributed by atoms with Crippen LogP contribution < -0.4 is 0 Å². The van der Waals surface area contributed by atoms with Crippen molar-refractivity contribution in [1.82, 2.24) is 20.2 Å². The van der Waals surface area contributed by atoms with Crippen LogP contribution in [0, 0.1) is 25.2 Å². The number of carbonyl (C=O) groups excluding carboxylic acids is 1. The topological polar surface area (TPSA) is 106 Å². The van der Waals surface area contributed by atoms with E-state index in [9.17, 15) is 10.1 Å². The Balaban J connectivity index is 1.58. The van der Waals surface area contributed by atoms with Crippen LogP contribution >= 0.6 is 34.4 Å². The van der Waals surface area contributed by atoms with Crippen molar-refractivity contribution >= 4 is 40.2 Å². The van der Waals surface area contributed by atoms with Gasteiger partial charge in [-0.3, -0.25) is 4.79 Å². The molecular weight excluding hydrogens is 378 g/mol. The highest BCUT2D eigenvalue weighted by Gasteiger charge is 2.24. The molecule has 10 heteroatoms. The number of rotatable bonds is 7. The molecule has 0 bridgehead atoms. The largest absolute Gasteiger partial charge is 0.416 e. The molecule has 0 saturated carbocycles. The molecule has 7 nitrogen and oxygen atoms in total. The van der Waals surface area contributed by atoms with Gasteiger partial charge in [-0.15, -0.1) is 32.9 Å². The van der Waals surface area contributed by atoms with Crippen molar-refractivity contribution in [2.45, 2.75) is 31.4 Å². The van der Waals surface area contributed by atoms with Crippen LogP contribution in [0.2, 0.25) is 0 Å². The van der Waals surface area contributed by atoms with Crippen molar-refractivity contribution < 1.29 is 9.21 Å². The van der Waals surface area contributed by atoms with Crippen LogP contribution in [0.5, 0.6) is 0 Å². The standard InChI is InChI=1S/C15H13N5O2S3/c1-8-5-24-14(17-8)11(4-16)12(21)7-25-15-20-19-13(22-15)3-10-6-23-9(2)18-10/h5-6,11H,3,7H2,1-2H3/t11-/m0/s1. The molecule has 0 radical (unpaired) electrons. The number of hydrogen-bond donors (Lipinski definition) is 0. The Hall–Kier alpha value is -2.09. The molecule has 3 heterocycles. The van der Waals surface area contributed by atoms with Gasteiger partial charge in [0.05, 0.1) is 28.9 Å². The Morgan fingerprint density at radius 3 is 2.80 bits per heavy atom. The van der Waals surface area contributed by atoms with E-state index in [0.29, 0.717) is 22.5 Å². The highest BCUT2D eigenvalue weighted by molar-refractivity contribution is 7.99. The Morgan fingerprint density at radius 1 is 1.32 bits per heavy atom. The van der Waals surface area contributed by atoms with E-state index in [1.165, 1.54) is 11.3 Å². The second-order valence-electron chi connectivity index (χ2n) is 5.14. The average molecular weight is 392 g/mol. The summed E-state index contributed by atoms with van der Waals surface area (Å²) in [5, 5.41) is 22.7. The summed E-state index contributed by atoms with van der Waals surface area (Å²) in [6, 6.07) is 2.02. The van der Waals surface area contributed by atoms with E-state index < -0.39 is 5.92 Å². The zero-order chi connectivity index (χ0) is 17.8. The molecular formula is C15H13N5O2S3. The maximum Gasteiger partial charge on any atom is 0.277 e. The van der Waals surface area contributed by atoms with E-state index in [-0.39, 0.29) is 11.5 Å². The van der Waals surface area contributed by atoms with Gasteiger partial charge in [0.1, 0.15) is 5.01 Å². The molecule has 0 aliphatic carbocycles. The van der Waals surface area contributed by atoms with Crippen molar-refractivity contribution in [3.05, 3.63) is 38.1 Å². The van der Waals surface area contributed by atoms with Crippen molar-refractivity contribution in [2.75, 3.05) is 5.75 Å². The van der Waals surface area contributed by atoms with Crippen molar-refractivity contribution in [3.8, 4) is 6.07 Å². The Labute approximate surface area is 156 Å². The maximum atomic E-state index is 12.3. The van der Waals surface area contributed by atoms with Gasteiger partial charge >= 0.3 is 0 Å². The van der Waals surface area contributed by atoms with Gasteiger partial charge in [0.15, 0.2) is 11.7 Å². The van der Waals surface area contributed by atoms with Gasteiger partial charge < -0.3 is 4.42 Å². The quantitative estimate of drug-likeness (QED) is 0.566. The molecule has 3 rings (SSSR count). The Morgan fingerprint density at radius 2 is 2.16 bits per heavy atom. The van der Waals surface area contributed by atoms with E-state index >= 15 is 0 Å². The second-order valence-corrected chi connectivity index (χ2v) is 8.02. The average Bonchev–Trinajstić information content (AvgIpc) is 3.30. The summed E-state index contributed by atoms with van der Waals surface area (Å²) in [5.41, 5.74) is 1.68. The number of thioether (sulfide) groups is 1. The molecule has 1 atom stereocenters. The molecule has 0 unspecified atom stereocenters. The summed E-state index contributed by atoms with van der Waals surface area (Å²) in [7, 11) is 0. The van der Waals surface area contributed by atoms with Crippen LogP contribution in [0.1, 0.15) is 33.2 Å². The lowest BCUT2D eigenvalue weighted by Gasteiger charge is -2.02. The molecule has 0 aliphatic heterocycles. The van der Waals surface area contributed by atoms with E-state index in [1.54, 1.807) is 11.3 Å². The summed E-state index contributed by atoms with van der Waals surface area (Å²) in [6.07, 6.45) is 0.463. The Kier molecular flexibility index (Phi) is 5.57. The minimum Gasteiger partial charge on any atom is -0.416 e. The van der Waals surface area contributed by atoms with Gasteiger partial charge in [0.2, 0.25) is 5.89 Å². The molecule has 0 aromatic carbocycles. The molecule has 128 valence electrons. The molecule has 25 heavy (non-hydrogen) atoms. The second kappa shape index (κ2) is 7.86. The number of ketones is 1. The first kappa shape index (κ1) is 17.7. The Bertz CT molecular complexity index is 924.